The third-order valence-electron chi connectivity index (χ3n) is 2.22. The molecule has 0 aliphatic carbocycles. The van der Waals surface area contributed by atoms with Gasteiger partial charge in [0, 0.05) is 10.6 Å². The molecule has 0 aliphatic rings. The van der Waals surface area contributed by atoms with Crippen LogP contribution in [0.1, 0.15) is 12.6 Å². The highest BCUT2D eigenvalue weighted by atomic mass is 35.5. The molecular weight excluding hydrogens is 226 g/mol. The van der Waals surface area contributed by atoms with Gasteiger partial charge in [-0.1, -0.05) is 18.5 Å². The third-order valence-corrected chi connectivity index (χ3v) is 2.47. The molecule has 0 fully saturated rings. The van der Waals surface area contributed by atoms with Crippen LogP contribution in [0.5, 0.6) is 0 Å². The maximum Gasteiger partial charge on any atom is 0.273 e. The van der Waals surface area contributed by atoms with Gasteiger partial charge in [-0.2, -0.15) is 0 Å². The molecule has 0 radical (unpaired) electrons. The van der Waals surface area contributed by atoms with Crippen LogP contribution in [0.4, 0.5) is 0 Å². The van der Waals surface area contributed by atoms with Crippen LogP contribution < -0.4 is 5.56 Å². The van der Waals surface area contributed by atoms with Gasteiger partial charge in [-0.3, -0.25) is 4.79 Å². The first-order chi connectivity index (χ1) is 7.70. The van der Waals surface area contributed by atoms with E-state index in [0.717, 1.165) is 5.56 Å². The highest BCUT2D eigenvalue weighted by Gasteiger charge is 2.04. The molecular formula is C11H10ClN3O. The fourth-order valence-corrected chi connectivity index (χ4v) is 1.46. The second-order valence-corrected chi connectivity index (χ2v) is 3.75. The Labute approximate surface area is 97.3 Å². The predicted molar refractivity (Wildman–Crippen MR) is 62.5 cm³/mol. The van der Waals surface area contributed by atoms with Crippen molar-refractivity contribution >= 4 is 11.6 Å². The van der Waals surface area contributed by atoms with Crippen LogP contribution in [0.3, 0.4) is 0 Å². The maximum absolute atomic E-state index is 11.5. The molecule has 0 aliphatic heterocycles. The van der Waals surface area contributed by atoms with Gasteiger partial charge in [0.15, 0.2) is 5.82 Å². The molecule has 5 heteroatoms. The summed E-state index contributed by atoms with van der Waals surface area (Å²) in [5, 5.41) is 8.47. The van der Waals surface area contributed by atoms with E-state index in [-0.39, 0.29) is 5.56 Å². The molecule has 0 amide bonds. The first kappa shape index (κ1) is 10.8. The Bertz CT molecular complexity index is 548. The smallest absolute Gasteiger partial charge is 0.273 e. The van der Waals surface area contributed by atoms with E-state index >= 15 is 0 Å². The zero-order valence-electron chi connectivity index (χ0n) is 8.70. The molecule has 1 aromatic heterocycles. The lowest BCUT2D eigenvalue weighted by atomic mass is 10.2. The molecule has 0 saturated carbocycles. The molecule has 1 N–H and O–H groups in total. The van der Waals surface area contributed by atoms with E-state index < -0.39 is 0 Å². The number of aromatic nitrogens is 3. The Hall–Kier alpha value is -1.68. The number of aromatic amines is 1. The van der Waals surface area contributed by atoms with E-state index in [1.165, 1.54) is 0 Å². The van der Waals surface area contributed by atoms with Crippen molar-refractivity contribution in [3.05, 3.63) is 45.3 Å². The molecule has 2 aromatic rings. The van der Waals surface area contributed by atoms with E-state index in [9.17, 15) is 4.79 Å². The van der Waals surface area contributed by atoms with Crippen molar-refractivity contribution in [2.45, 2.75) is 13.3 Å². The van der Waals surface area contributed by atoms with Crippen LogP contribution in [-0.4, -0.2) is 15.2 Å². The SMILES string of the molecule is CCc1nnc(-c2ccc(Cl)cc2)[nH]c1=O. The first-order valence-corrected chi connectivity index (χ1v) is 5.30. The fraction of sp³-hybridized carbons (Fsp3) is 0.182. The van der Waals surface area contributed by atoms with Crippen LogP contribution >= 0.6 is 11.6 Å². The Morgan fingerprint density at radius 3 is 2.50 bits per heavy atom. The highest BCUT2D eigenvalue weighted by Crippen LogP contribution is 2.16. The van der Waals surface area contributed by atoms with E-state index in [4.69, 9.17) is 11.6 Å². The first-order valence-electron chi connectivity index (χ1n) is 4.92. The van der Waals surface area contributed by atoms with Gasteiger partial charge in [-0.05, 0) is 30.7 Å². The molecule has 0 bridgehead atoms. The summed E-state index contributed by atoms with van der Waals surface area (Å²) in [4.78, 5) is 14.2. The summed E-state index contributed by atoms with van der Waals surface area (Å²) in [5.41, 5.74) is 1.04. The van der Waals surface area contributed by atoms with Crippen molar-refractivity contribution in [3.8, 4) is 11.4 Å². The zero-order valence-corrected chi connectivity index (χ0v) is 9.45. The van der Waals surface area contributed by atoms with Gasteiger partial charge >= 0.3 is 0 Å². The molecule has 16 heavy (non-hydrogen) atoms. The standard InChI is InChI=1S/C11H10ClN3O/c1-2-9-11(16)13-10(15-14-9)7-3-5-8(12)6-4-7/h3-6H,2H2,1H3,(H,13,15,16). The van der Waals surface area contributed by atoms with Crippen molar-refractivity contribution < 1.29 is 0 Å². The van der Waals surface area contributed by atoms with Crippen LogP contribution in [0.2, 0.25) is 5.02 Å². The summed E-state index contributed by atoms with van der Waals surface area (Å²) in [6.45, 7) is 1.86. The number of nitrogens with zero attached hydrogens (tertiary/aromatic N) is 2. The maximum atomic E-state index is 11.5. The minimum Gasteiger partial charge on any atom is -0.303 e. The second-order valence-electron chi connectivity index (χ2n) is 3.31. The summed E-state index contributed by atoms with van der Waals surface area (Å²) in [5.74, 6) is 0.457. The van der Waals surface area contributed by atoms with Crippen LogP contribution in [-0.2, 0) is 6.42 Å². The molecule has 2 rings (SSSR count). The third kappa shape index (κ3) is 2.12. The van der Waals surface area contributed by atoms with Gasteiger partial charge in [0.25, 0.3) is 5.56 Å². The number of nitrogens with one attached hydrogen (secondary N) is 1. The topological polar surface area (TPSA) is 58.6 Å². The van der Waals surface area contributed by atoms with Crippen LogP contribution in [0.25, 0.3) is 11.4 Å². The number of hydrogen-bond acceptors (Lipinski definition) is 3. The normalized spacial score (nSPS) is 10.4. The highest BCUT2D eigenvalue weighted by molar-refractivity contribution is 6.30. The number of rotatable bonds is 2. The van der Waals surface area contributed by atoms with Gasteiger partial charge in [-0.15, -0.1) is 10.2 Å². The Kier molecular flexibility index (Phi) is 3.01. The quantitative estimate of drug-likeness (QED) is 0.867. The molecule has 1 aromatic carbocycles. The monoisotopic (exact) mass is 235 g/mol. The number of halogens is 1. The molecule has 0 unspecified atom stereocenters. The largest absolute Gasteiger partial charge is 0.303 e. The molecule has 0 atom stereocenters. The van der Waals surface area contributed by atoms with E-state index in [2.05, 4.69) is 15.2 Å². The minimum absolute atomic E-state index is 0.192. The van der Waals surface area contributed by atoms with E-state index in [0.29, 0.717) is 23.0 Å². The van der Waals surface area contributed by atoms with Crippen LogP contribution in [0.15, 0.2) is 29.1 Å². The average molecular weight is 236 g/mol. The molecule has 1 heterocycles. The lowest BCUT2D eigenvalue weighted by Gasteiger charge is -2.00. The average Bonchev–Trinajstić information content (AvgIpc) is 2.30. The van der Waals surface area contributed by atoms with Crippen molar-refractivity contribution in [3.63, 3.8) is 0 Å². The summed E-state index contributed by atoms with van der Waals surface area (Å²) in [7, 11) is 0. The lowest BCUT2D eigenvalue weighted by Crippen LogP contribution is -2.16. The predicted octanol–water partition coefficient (Wildman–Crippen LogP) is 2.05. The van der Waals surface area contributed by atoms with Gasteiger partial charge in [0.1, 0.15) is 5.69 Å². The van der Waals surface area contributed by atoms with Gasteiger partial charge < -0.3 is 4.98 Å². The number of aryl methyl sites for hydroxylation is 1. The Morgan fingerprint density at radius 1 is 1.25 bits per heavy atom. The van der Waals surface area contributed by atoms with Crippen molar-refractivity contribution in [2.24, 2.45) is 0 Å². The summed E-state index contributed by atoms with van der Waals surface area (Å²) < 4.78 is 0. The second kappa shape index (κ2) is 4.45. The Balaban J connectivity index is 2.45. The minimum atomic E-state index is -0.192. The van der Waals surface area contributed by atoms with Crippen molar-refractivity contribution in [2.75, 3.05) is 0 Å². The van der Waals surface area contributed by atoms with Crippen molar-refractivity contribution in [1.29, 1.82) is 0 Å². The number of hydrogen-bond donors (Lipinski definition) is 1. The summed E-state index contributed by atoms with van der Waals surface area (Å²) in [6, 6.07) is 7.05. The lowest BCUT2D eigenvalue weighted by molar-refractivity contribution is 0.860. The number of H-pyrrole nitrogens is 1. The van der Waals surface area contributed by atoms with E-state index in [1.807, 2.05) is 6.92 Å². The van der Waals surface area contributed by atoms with Crippen molar-refractivity contribution in [1.82, 2.24) is 15.2 Å². The summed E-state index contributed by atoms with van der Waals surface area (Å²) in [6.07, 6.45) is 0.573. The zero-order chi connectivity index (χ0) is 11.5. The van der Waals surface area contributed by atoms with Gasteiger partial charge in [0.2, 0.25) is 0 Å². The number of benzene rings is 1. The molecule has 0 spiro atoms. The molecule has 0 saturated heterocycles. The molecule has 82 valence electrons. The Morgan fingerprint density at radius 2 is 1.94 bits per heavy atom. The van der Waals surface area contributed by atoms with Gasteiger partial charge in [0.05, 0.1) is 0 Å². The van der Waals surface area contributed by atoms with E-state index in [1.54, 1.807) is 24.3 Å². The summed E-state index contributed by atoms with van der Waals surface area (Å²) >= 11 is 5.77. The fourth-order valence-electron chi connectivity index (χ4n) is 1.33. The molecule has 4 nitrogen and oxygen atoms in total. The van der Waals surface area contributed by atoms with Gasteiger partial charge in [-0.25, -0.2) is 0 Å². The van der Waals surface area contributed by atoms with Crippen LogP contribution in [0, 0.1) is 0 Å².